The van der Waals surface area contributed by atoms with Crippen LogP contribution < -0.4 is 9.47 Å². The lowest BCUT2D eigenvalue weighted by molar-refractivity contribution is 0.0750. The van der Waals surface area contributed by atoms with E-state index < -0.39 is 0 Å². The molecular weight excluding hydrogens is 350 g/mol. The summed E-state index contributed by atoms with van der Waals surface area (Å²) in [6.07, 6.45) is 0. The molecule has 0 fully saturated rings. The Bertz CT molecular complexity index is 883. The van der Waals surface area contributed by atoms with Gasteiger partial charge in [0.25, 0.3) is 5.91 Å². The number of ether oxygens (including phenoxy) is 2. The molecule has 0 radical (unpaired) electrons. The molecular formula is C20H21NO4S. The van der Waals surface area contributed by atoms with Crippen molar-refractivity contribution in [2.24, 2.45) is 0 Å². The Morgan fingerprint density at radius 1 is 1.15 bits per heavy atom. The van der Waals surface area contributed by atoms with Gasteiger partial charge in [-0.2, -0.15) is 0 Å². The minimum Gasteiger partial charge on any atom is -0.493 e. The molecule has 26 heavy (non-hydrogen) atoms. The molecule has 0 N–H and O–H groups in total. The van der Waals surface area contributed by atoms with Crippen LogP contribution in [0, 0.1) is 6.92 Å². The molecule has 0 atom stereocenters. The summed E-state index contributed by atoms with van der Waals surface area (Å²) in [7, 11) is 3.37. The second kappa shape index (κ2) is 8.10. The molecule has 0 spiro atoms. The van der Waals surface area contributed by atoms with E-state index in [9.17, 15) is 4.79 Å². The van der Waals surface area contributed by atoms with Gasteiger partial charge >= 0.3 is 0 Å². The van der Waals surface area contributed by atoms with Crippen molar-refractivity contribution in [1.82, 2.24) is 4.90 Å². The first-order chi connectivity index (χ1) is 12.6. The van der Waals surface area contributed by atoms with E-state index in [1.807, 2.05) is 36.6 Å². The molecule has 2 heterocycles. The molecule has 1 amide bonds. The lowest BCUT2D eigenvalue weighted by Crippen LogP contribution is -2.25. The third-order valence-electron chi connectivity index (χ3n) is 4.01. The molecule has 0 bridgehead atoms. The second-order valence-electron chi connectivity index (χ2n) is 5.89. The van der Waals surface area contributed by atoms with E-state index >= 15 is 0 Å². The topological polar surface area (TPSA) is 51.9 Å². The molecule has 0 unspecified atom stereocenters. The van der Waals surface area contributed by atoms with Gasteiger partial charge in [-0.3, -0.25) is 4.79 Å². The second-order valence-corrected chi connectivity index (χ2v) is 6.89. The third-order valence-corrected chi connectivity index (χ3v) is 5.01. The number of nitrogens with zero attached hydrogens (tertiary/aromatic N) is 1. The number of para-hydroxylation sites is 2. The van der Waals surface area contributed by atoms with Crippen LogP contribution >= 0.6 is 11.3 Å². The zero-order valence-corrected chi connectivity index (χ0v) is 15.8. The van der Waals surface area contributed by atoms with Crippen LogP contribution in [0.25, 0.3) is 0 Å². The van der Waals surface area contributed by atoms with Crippen LogP contribution in [0.4, 0.5) is 0 Å². The molecule has 0 saturated carbocycles. The van der Waals surface area contributed by atoms with E-state index in [1.165, 1.54) is 10.4 Å². The number of carbonyl (C=O) groups is 1. The SMILES string of the molecule is COc1ccccc1OCc1ccc(C(=O)N(C)Cc2sccc2C)o1. The maximum atomic E-state index is 12.5. The summed E-state index contributed by atoms with van der Waals surface area (Å²) >= 11 is 1.65. The van der Waals surface area contributed by atoms with Crippen LogP contribution in [0.2, 0.25) is 0 Å². The fourth-order valence-corrected chi connectivity index (χ4v) is 3.46. The maximum Gasteiger partial charge on any atom is 0.289 e. The van der Waals surface area contributed by atoms with Crippen LogP contribution in [0.5, 0.6) is 11.5 Å². The van der Waals surface area contributed by atoms with Crippen molar-refractivity contribution in [1.29, 1.82) is 0 Å². The van der Waals surface area contributed by atoms with Crippen molar-refractivity contribution in [3.63, 3.8) is 0 Å². The molecule has 0 aliphatic heterocycles. The highest BCUT2D eigenvalue weighted by Crippen LogP contribution is 2.27. The summed E-state index contributed by atoms with van der Waals surface area (Å²) in [4.78, 5) is 15.4. The number of methoxy groups -OCH3 is 1. The third kappa shape index (κ3) is 4.08. The normalized spacial score (nSPS) is 10.6. The number of furan rings is 1. The highest BCUT2D eigenvalue weighted by molar-refractivity contribution is 7.10. The van der Waals surface area contributed by atoms with Crippen molar-refractivity contribution >= 4 is 17.2 Å². The monoisotopic (exact) mass is 371 g/mol. The molecule has 3 aromatic rings. The van der Waals surface area contributed by atoms with E-state index in [1.54, 1.807) is 42.5 Å². The number of hydrogen-bond acceptors (Lipinski definition) is 5. The fourth-order valence-electron chi connectivity index (χ4n) is 2.50. The smallest absolute Gasteiger partial charge is 0.289 e. The molecule has 0 aliphatic carbocycles. The van der Waals surface area contributed by atoms with Gasteiger partial charge in [0.15, 0.2) is 17.3 Å². The quantitative estimate of drug-likeness (QED) is 0.613. The first-order valence-electron chi connectivity index (χ1n) is 8.21. The van der Waals surface area contributed by atoms with Crippen molar-refractivity contribution in [3.8, 4) is 11.5 Å². The van der Waals surface area contributed by atoms with Gasteiger partial charge in [-0.1, -0.05) is 12.1 Å². The number of hydrogen-bond donors (Lipinski definition) is 0. The molecule has 2 aromatic heterocycles. The molecule has 1 aromatic carbocycles. The zero-order valence-electron chi connectivity index (χ0n) is 15.0. The van der Waals surface area contributed by atoms with Crippen molar-refractivity contribution in [2.45, 2.75) is 20.1 Å². The Morgan fingerprint density at radius 3 is 2.62 bits per heavy atom. The maximum absolute atomic E-state index is 12.5. The average molecular weight is 371 g/mol. The number of aryl methyl sites for hydroxylation is 1. The summed E-state index contributed by atoms with van der Waals surface area (Å²) in [6.45, 7) is 2.84. The minimum absolute atomic E-state index is 0.152. The van der Waals surface area contributed by atoms with Crippen LogP contribution in [0.15, 0.2) is 52.3 Å². The molecule has 0 saturated heterocycles. The van der Waals surface area contributed by atoms with Crippen LogP contribution in [0.3, 0.4) is 0 Å². The first kappa shape index (κ1) is 18.1. The Balaban J connectivity index is 1.62. The van der Waals surface area contributed by atoms with Crippen molar-refractivity contribution in [2.75, 3.05) is 14.2 Å². The van der Waals surface area contributed by atoms with Crippen molar-refractivity contribution < 1.29 is 18.7 Å². The van der Waals surface area contributed by atoms with E-state index in [4.69, 9.17) is 13.9 Å². The number of benzene rings is 1. The van der Waals surface area contributed by atoms with Gasteiger partial charge < -0.3 is 18.8 Å². The van der Waals surface area contributed by atoms with Gasteiger partial charge in [-0.05, 0) is 48.2 Å². The molecule has 6 heteroatoms. The number of carbonyl (C=O) groups excluding carboxylic acids is 1. The highest BCUT2D eigenvalue weighted by Gasteiger charge is 2.17. The van der Waals surface area contributed by atoms with Gasteiger partial charge in [-0.15, -0.1) is 11.3 Å². The van der Waals surface area contributed by atoms with E-state index in [0.717, 1.165) is 0 Å². The summed E-state index contributed by atoms with van der Waals surface area (Å²) in [6, 6.07) is 12.9. The van der Waals surface area contributed by atoms with Gasteiger partial charge in [0, 0.05) is 11.9 Å². The standard InChI is InChI=1S/C20H21NO4S/c1-14-10-11-26-19(14)12-21(2)20(22)18-9-8-15(25-18)13-24-17-7-5-4-6-16(17)23-3/h4-11H,12-13H2,1-3H3. The van der Waals surface area contributed by atoms with Gasteiger partial charge in [-0.25, -0.2) is 0 Å². The van der Waals surface area contributed by atoms with Gasteiger partial charge in [0.2, 0.25) is 0 Å². The fraction of sp³-hybridized carbons (Fsp3) is 0.250. The summed E-state index contributed by atoms with van der Waals surface area (Å²) < 4.78 is 16.6. The van der Waals surface area contributed by atoms with Gasteiger partial charge in [0.05, 0.1) is 13.7 Å². The predicted molar refractivity (Wildman–Crippen MR) is 101 cm³/mol. The molecule has 5 nitrogen and oxygen atoms in total. The van der Waals surface area contributed by atoms with Gasteiger partial charge in [0.1, 0.15) is 12.4 Å². The first-order valence-corrected chi connectivity index (χ1v) is 9.09. The predicted octanol–water partition coefficient (Wildman–Crippen LogP) is 4.51. The van der Waals surface area contributed by atoms with Crippen LogP contribution in [-0.4, -0.2) is 25.0 Å². The lowest BCUT2D eigenvalue weighted by atomic mass is 10.3. The zero-order chi connectivity index (χ0) is 18.5. The summed E-state index contributed by atoms with van der Waals surface area (Å²) in [5.41, 5.74) is 1.19. The van der Waals surface area contributed by atoms with E-state index in [2.05, 4.69) is 6.07 Å². The average Bonchev–Trinajstić information content (AvgIpc) is 3.29. The van der Waals surface area contributed by atoms with Crippen LogP contribution in [-0.2, 0) is 13.2 Å². The molecule has 136 valence electrons. The van der Waals surface area contributed by atoms with Crippen LogP contribution in [0.1, 0.15) is 26.8 Å². The Kier molecular flexibility index (Phi) is 5.63. The summed E-state index contributed by atoms with van der Waals surface area (Å²) in [5, 5.41) is 2.03. The summed E-state index contributed by atoms with van der Waals surface area (Å²) in [5.74, 6) is 2.02. The molecule has 3 rings (SSSR count). The van der Waals surface area contributed by atoms with E-state index in [-0.39, 0.29) is 12.5 Å². The Hall–Kier alpha value is -2.73. The lowest BCUT2D eigenvalue weighted by Gasteiger charge is -2.15. The van der Waals surface area contributed by atoms with Crippen molar-refractivity contribution in [3.05, 3.63) is 69.8 Å². The Morgan fingerprint density at radius 2 is 1.92 bits per heavy atom. The van der Waals surface area contributed by atoms with E-state index in [0.29, 0.717) is 29.6 Å². The number of rotatable bonds is 7. The minimum atomic E-state index is -0.152. The largest absolute Gasteiger partial charge is 0.493 e. The Labute approximate surface area is 156 Å². The molecule has 0 aliphatic rings. The highest BCUT2D eigenvalue weighted by atomic mass is 32.1. The number of thiophene rings is 1. The number of amides is 1.